The summed E-state index contributed by atoms with van der Waals surface area (Å²) >= 11 is 6.35. The summed E-state index contributed by atoms with van der Waals surface area (Å²) in [5.41, 5.74) is 16.7. The van der Waals surface area contributed by atoms with Crippen LogP contribution in [0.2, 0.25) is 5.02 Å². The van der Waals surface area contributed by atoms with Crippen LogP contribution in [0.15, 0.2) is 77.0 Å². The summed E-state index contributed by atoms with van der Waals surface area (Å²) < 4.78 is 5.13. The number of nitrogens with one attached hydrogen (secondary N) is 1. The van der Waals surface area contributed by atoms with Gasteiger partial charge in [0.2, 0.25) is 0 Å². The van der Waals surface area contributed by atoms with E-state index in [4.69, 9.17) is 22.1 Å². The molecule has 1 atom stereocenters. The minimum absolute atomic E-state index is 0.323. The molecule has 5 heteroatoms. The fourth-order valence-electron chi connectivity index (χ4n) is 5.50. The van der Waals surface area contributed by atoms with E-state index in [0.717, 1.165) is 69.4 Å². The van der Waals surface area contributed by atoms with Crippen LogP contribution >= 0.6 is 11.6 Å². The standard InChI is InChI=1S/C24H35ClN2.C10H19N.C6H14O.C6H12.C4H8/c1-5-8-11-14-19-20-15-21(25)22(26)16-23(20)27-24(19)17(4)18(12-9-6-2)13-10-7-3;1-5-7-9(3)11-10(4)8-6-2;1-3-5-7-6-4-2;1-4-5-6(2)3;1-4(2)3/h9,12-13,15-17,27H,5-8,10-11,14,26H2,1-4H3;7H,5-6,8H2,1-4H3;3-6H2,1-2H3;2,4-5H2,1,3H3;1H2,2-3H3/b12-9-,18-13+;9-7+,11-10?;;;. The van der Waals surface area contributed by atoms with Crippen LogP contribution in [0.5, 0.6) is 0 Å². The lowest BCUT2D eigenvalue weighted by molar-refractivity contribution is 0.135. The van der Waals surface area contributed by atoms with E-state index in [0.29, 0.717) is 16.6 Å². The molecule has 2 aromatic rings. The molecule has 3 N–H and O–H groups in total. The molecule has 4 nitrogen and oxygen atoms in total. The van der Waals surface area contributed by atoms with Crippen LogP contribution in [0, 0.1) is 0 Å². The molecule has 1 unspecified atom stereocenters. The van der Waals surface area contributed by atoms with Gasteiger partial charge in [-0.1, -0.05) is 141 Å². The second kappa shape index (κ2) is 38.1. The number of aliphatic imine (C=N–C) groups is 1. The number of nitrogens with zero attached hydrogens (tertiary/aromatic N) is 1. The van der Waals surface area contributed by atoms with Crippen LogP contribution < -0.4 is 5.73 Å². The van der Waals surface area contributed by atoms with E-state index in [1.165, 1.54) is 84.0 Å². The number of H-pyrrole nitrogens is 1. The quantitative estimate of drug-likeness (QED) is 0.0462. The molecule has 0 fully saturated rings. The number of aromatic nitrogens is 1. The van der Waals surface area contributed by atoms with Gasteiger partial charge in [0.1, 0.15) is 0 Å². The largest absolute Gasteiger partial charge is 0.397 e. The summed E-state index contributed by atoms with van der Waals surface area (Å²) in [5, 5.41) is 1.87. The molecule has 1 aromatic carbocycles. The molecular formula is C50H88ClN3O. The number of ether oxygens (including phenoxy) is 1. The van der Waals surface area contributed by atoms with Gasteiger partial charge in [0.15, 0.2) is 0 Å². The van der Waals surface area contributed by atoms with Crippen LogP contribution in [0.1, 0.15) is 198 Å². The maximum absolute atomic E-state index is 6.35. The highest BCUT2D eigenvalue weighted by Gasteiger charge is 2.19. The van der Waals surface area contributed by atoms with Crippen LogP contribution in [0.3, 0.4) is 0 Å². The summed E-state index contributed by atoms with van der Waals surface area (Å²) in [7, 11) is 0. The molecule has 0 saturated carbocycles. The average Bonchev–Trinajstić information content (AvgIpc) is 3.46. The van der Waals surface area contributed by atoms with Crippen molar-refractivity contribution in [2.75, 3.05) is 18.9 Å². The molecule has 316 valence electrons. The van der Waals surface area contributed by atoms with Gasteiger partial charge >= 0.3 is 0 Å². The number of anilines is 1. The van der Waals surface area contributed by atoms with Gasteiger partial charge in [0.25, 0.3) is 0 Å². The third kappa shape index (κ3) is 31.0. The van der Waals surface area contributed by atoms with Gasteiger partial charge in [0, 0.05) is 47.1 Å². The third-order valence-electron chi connectivity index (χ3n) is 8.09. The number of unbranched alkanes of at least 4 members (excludes halogenated alkanes) is 3. The Hall–Kier alpha value is -2.82. The van der Waals surface area contributed by atoms with Crippen molar-refractivity contribution in [2.45, 2.75) is 193 Å². The number of hydrogen-bond acceptors (Lipinski definition) is 3. The molecule has 0 spiro atoms. The van der Waals surface area contributed by atoms with E-state index in [9.17, 15) is 0 Å². The lowest BCUT2D eigenvalue weighted by atomic mass is 9.90. The molecule has 0 radical (unpaired) electrons. The molecule has 55 heavy (non-hydrogen) atoms. The topological polar surface area (TPSA) is 63.4 Å². The van der Waals surface area contributed by atoms with Crippen molar-refractivity contribution >= 4 is 33.9 Å². The average molecular weight is 783 g/mol. The van der Waals surface area contributed by atoms with Crippen molar-refractivity contribution < 1.29 is 4.74 Å². The Morgan fingerprint density at radius 3 is 1.87 bits per heavy atom. The zero-order valence-corrected chi connectivity index (χ0v) is 39.3. The molecular weight excluding hydrogens is 694 g/mol. The number of benzene rings is 1. The first-order chi connectivity index (χ1) is 26.1. The lowest BCUT2D eigenvalue weighted by Gasteiger charge is -2.15. The van der Waals surface area contributed by atoms with Crippen molar-refractivity contribution in [3.63, 3.8) is 0 Å². The van der Waals surface area contributed by atoms with Crippen molar-refractivity contribution in [3.8, 4) is 0 Å². The van der Waals surface area contributed by atoms with E-state index in [2.05, 4.69) is 131 Å². The van der Waals surface area contributed by atoms with Gasteiger partial charge in [-0.2, -0.15) is 0 Å². The van der Waals surface area contributed by atoms with Crippen molar-refractivity contribution in [1.82, 2.24) is 4.98 Å². The third-order valence-corrected chi connectivity index (χ3v) is 8.41. The molecule has 0 amide bonds. The van der Waals surface area contributed by atoms with Crippen LogP contribution in [-0.4, -0.2) is 23.9 Å². The number of nitrogens with two attached hydrogens (primary N) is 1. The predicted octanol–water partition coefficient (Wildman–Crippen LogP) is 17.3. The van der Waals surface area contributed by atoms with Gasteiger partial charge in [-0.15, -0.1) is 13.2 Å². The fraction of sp³-hybridized carbons (Fsp3) is 0.620. The van der Waals surface area contributed by atoms with Gasteiger partial charge in [0.05, 0.1) is 10.7 Å². The highest BCUT2D eigenvalue weighted by Crippen LogP contribution is 2.36. The minimum Gasteiger partial charge on any atom is -0.397 e. The Morgan fingerprint density at radius 2 is 1.42 bits per heavy atom. The molecule has 1 aromatic heterocycles. The highest BCUT2D eigenvalue weighted by molar-refractivity contribution is 6.34. The monoisotopic (exact) mass is 782 g/mol. The Kier molecular flexibility index (Phi) is 39.1. The van der Waals surface area contributed by atoms with E-state index < -0.39 is 0 Å². The second-order valence-electron chi connectivity index (χ2n) is 14.8. The van der Waals surface area contributed by atoms with Gasteiger partial charge in [-0.05, 0) is 116 Å². The van der Waals surface area contributed by atoms with E-state index >= 15 is 0 Å². The summed E-state index contributed by atoms with van der Waals surface area (Å²) in [6, 6.07) is 4.02. The number of allylic oxidation sites excluding steroid dienone is 8. The molecule has 1 heterocycles. The first-order valence-electron chi connectivity index (χ1n) is 21.7. The van der Waals surface area contributed by atoms with E-state index in [1.807, 2.05) is 26.0 Å². The van der Waals surface area contributed by atoms with E-state index in [1.54, 1.807) is 0 Å². The number of fused-ring (bicyclic) bond motifs is 1. The van der Waals surface area contributed by atoms with Gasteiger partial charge in [-0.25, -0.2) is 0 Å². The SMILES string of the molecule is C=C(C)C.C=C(C)CCC.CC/C=C(\C)N=C(C)CCC.CC/C=C\C(=C/CCC)C(C)c1[nH]c2cc(N)c(Cl)cc2c1CCCCC.CCCOCCC. The maximum Gasteiger partial charge on any atom is 0.0643 e. The van der Waals surface area contributed by atoms with Gasteiger partial charge in [-0.3, -0.25) is 4.99 Å². The summed E-state index contributed by atoms with van der Waals surface area (Å²) in [6.45, 7) is 39.0. The Labute approximate surface area is 347 Å². The molecule has 0 aliphatic carbocycles. The lowest BCUT2D eigenvalue weighted by Crippen LogP contribution is -2.01. The summed E-state index contributed by atoms with van der Waals surface area (Å²) in [4.78, 5) is 8.11. The van der Waals surface area contributed by atoms with Crippen molar-refractivity contribution in [2.24, 2.45) is 4.99 Å². The van der Waals surface area contributed by atoms with Gasteiger partial charge < -0.3 is 15.5 Å². The number of halogens is 1. The van der Waals surface area contributed by atoms with Crippen LogP contribution in [0.4, 0.5) is 5.69 Å². The molecule has 2 rings (SSSR count). The maximum atomic E-state index is 6.35. The number of rotatable bonds is 20. The van der Waals surface area contributed by atoms with Crippen LogP contribution in [0.25, 0.3) is 10.9 Å². The fourth-order valence-corrected chi connectivity index (χ4v) is 5.66. The molecule has 0 aliphatic heterocycles. The molecule has 0 bridgehead atoms. The Bertz CT molecular complexity index is 1380. The number of aromatic amines is 1. The Morgan fingerprint density at radius 1 is 0.818 bits per heavy atom. The van der Waals surface area contributed by atoms with Crippen LogP contribution in [-0.2, 0) is 11.2 Å². The summed E-state index contributed by atoms with van der Waals surface area (Å²) in [6.07, 6.45) is 25.2. The molecule has 0 aliphatic rings. The molecule has 0 saturated heterocycles. The smallest absolute Gasteiger partial charge is 0.0643 e. The first-order valence-corrected chi connectivity index (χ1v) is 22.0. The second-order valence-corrected chi connectivity index (χ2v) is 15.2. The number of aryl methyl sites for hydroxylation is 1. The normalized spacial score (nSPS) is 12.1. The highest BCUT2D eigenvalue weighted by atomic mass is 35.5. The zero-order valence-electron chi connectivity index (χ0n) is 38.6. The Balaban J connectivity index is -0.000000787. The predicted molar refractivity (Wildman–Crippen MR) is 255 cm³/mol. The van der Waals surface area contributed by atoms with Crippen molar-refractivity contribution in [3.05, 3.63) is 88.3 Å². The summed E-state index contributed by atoms with van der Waals surface area (Å²) in [5.74, 6) is 0.323. The first kappa shape index (κ1) is 56.5. The van der Waals surface area contributed by atoms with Crippen molar-refractivity contribution in [1.29, 1.82) is 0 Å². The zero-order chi connectivity index (χ0) is 42.6. The van der Waals surface area contributed by atoms with E-state index in [-0.39, 0.29) is 0 Å². The number of hydrogen-bond donors (Lipinski definition) is 2. The number of nitrogen functional groups attached to an aromatic ring is 1. The minimum atomic E-state index is 0.323.